The predicted molar refractivity (Wildman–Crippen MR) is 122 cm³/mol. The minimum absolute atomic E-state index is 0.157. The molecular formula is C25H27N3O3. The van der Waals surface area contributed by atoms with E-state index in [2.05, 4.69) is 5.32 Å². The summed E-state index contributed by atoms with van der Waals surface area (Å²) < 4.78 is 7.35. The maximum absolute atomic E-state index is 13.4. The van der Waals surface area contributed by atoms with E-state index in [1.165, 1.54) is 7.11 Å². The predicted octanol–water partition coefficient (Wildman–Crippen LogP) is 3.97. The average Bonchev–Trinajstić information content (AvgIpc) is 3.14. The van der Waals surface area contributed by atoms with E-state index in [9.17, 15) is 9.59 Å². The fourth-order valence-electron chi connectivity index (χ4n) is 4.08. The SMILES string of the molecule is COc1ccccc1C(=O)N/C(=C\c1cn(C)c2ccccc12)C(=O)N1CCCCC1. The number of nitrogens with one attached hydrogen (secondary N) is 1. The summed E-state index contributed by atoms with van der Waals surface area (Å²) in [6.07, 6.45) is 6.84. The fraction of sp³-hybridized carbons (Fsp3) is 0.280. The van der Waals surface area contributed by atoms with Gasteiger partial charge in [0.15, 0.2) is 0 Å². The normalized spacial score (nSPS) is 14.5. The summed E-state index contributed by atoms with van der Waals surface area (Å²) in [5, 5.41) is 3.90. The highest BCUT2D eigenvalue weighted by Gasteiger charge is 2.24. The van der Waals surface area contributed by atoms with Crippen LogP contribution in [0.1, 0.15) is 35.2 Å². The molecule has 4 rings (SSSR count). The first-order valence-electron chi connectivity index (χ1n) is 10.6. The summed E-state index contributed by atoms with van der Waals surface area (Å²) >= 11 is 0. The molecule has 1 N–H and O–H groups in total. The Labute approximate surface area is 182 Å². The summed E-state index contributed by atoms with van der Waals surface area (Å²) in [6, 6.07) is 15.0. The number of carbonyl (C=O) groups excluding carboxylic acids is 2. The molecule has 0 saturated carbocycles. The third-order valence-electron chi connectivity index (χ3n) is 5.70. The van der Waals surface area contributed by atoms with Crippen LogP contribution in [0, 0.1) is 0 Å². The second-order valence-corrected chi connectivity index (χ2v) is 7.78. The lowest BCUT2D eigenvalue weighted by Gasteiger charge is -2.27. The van der Waals surface area contributed by atoms with Gasteiger partial charge in [-0.2, -0.15) is 0 Å². The van der Waals surface area contributed by atoms with Crippen LogP contribution in [0.2, 0.25) is 0 Å². The number of fused-ring (bicyclic) bond motifs is 1. The van der Waals surface area contributed by atoms with Crippen molar-refractivity contribution in [2.45, 2.75) is 19.3 Å². The first kappa shape index (κ1) is 20.7. The third-order valence-corrected chi connectivity index (χ3v) is 5.70. The number of hydrogen-bond donors (Lipinski definition) is 1. The minimum atomic E-state index is -0.366. The smallest absolute Gasteiger partial charge is 0.270 e. The number of carbonyl (C=O) groups is 2. The molecule has 2 heterocycles. The van der Waals surface area contributed by atoms with Crippen molar-refractivity contribution in [2.75, 3.05) is 20.2 Å². The van der Waals surface area contributed by atoms with Crippen LogP contribution in [0.4, 0.5) is 0 Å². The second kappa shape index (κ2) is 9.08. The number of nitrogens with zero attached hydrogens (tertiary/aromatic N) is 2. The Kier molecular flexibility index (Phi) is 6.07. The maximum Gasteiger partial charge on any atom is 0.270 e. The molecule has 6 heteroatoms. The zero-order valence-corrected chi connectivity index (χ0v) is 17.9. The summed E-state index contributed by atoms with van der Waals surface area (Å²) in [6.45, 7) is 1.41. The highest BCUT2D eigenvalue weighted by atomic mass is 16.5. The van der Waals surface area contributed by atoms with Crippen LogP contribution in [-0.2, 0) is 11.8 Å². The monoisotopic (exact) mass is 417 g/mol. The molecule has 2 aromatic carbocycles. The number of aromatic nitrogens is 1. The van der Waals surface area contributed by atoms with Crippen molar-refractivity contribution in [3.05, 3.63) is 71.6 Å². The second-order valence-electron chi connectivity index (χ2n) is 7.78. The van der Waals surface area contributed by atoms with Gasteiger partial charge < -0.3 is 19.5 Å². The minimum Gasteiger partial charge on any atom is -0.496 e. The van der Waals surface area contributed by atoms with Crippen molar-refractivity contribution >= 4 is 28.8 Å². The number of piperidine rings is 1. The van der Waals surface area contributed by atoms with Crippen molar-refractivity contribution in [3.8, 4) is 5.75 Å². The van der Waals surface area contributed by atoms with Gasteiger partial charge in [-0.25, -0.2) is 0 Å². The standard InChI is InChI=1S/C25H27N3O3/c1-27-17-18(19-10-4-6-12-22(19)27)16-21(25(30)28-14-8-3-9-15-28)26-24(29)20-11-5-7-13-23(20)31-2/h4-7,10-13,16-17H,3,8-9,14-15H2,1-2H3,(H,26,29)/b21-16-. The first-order valence-corrected chi connectivity index (χ1v) is 10.6. The number of amides is 2. The molecule has 1 aliphatic heterocycles. The van der Waals surface area contributed by atoms with Crippen LogP contribution in [0.3, 0.4) is 0 Å². The number of likely N-dealkylation sites (tertiary alicyclic amines) is 1. The first-order chi connectivity index (χ1) is 15.1. The van der Waals surface area contributed by atoms with Gasteiger partial charge in [-0.1, -0.05) is 30.3 Å². The molecule has 0 aliphatic carbocycles. The fourth-order valence-corrected chi connectivity index (χ4v) is 4.08. The molecule has 160 valence electrons. The third kappa shape index (κ3) is 4.33. The summed E-state index contributed by atoms with van der Waals surface area (Å²) in [5.41, 5.74) is 2.61. The molecule has 31 heavy (non-hydrogen) atoms. The number of ether oxygens (including phenoxy) is 1. The van der Waals surface area contributed by atoms with E-state index in [1.807, 2.05) is 47.0 Å². The molecule has 0 bridgehead atoms. The molecule has 1 fully saturated rings. The lowest BCUT2D eigenvalue weighted by atomic mass is 10.1. The van der Waals surface area contributed by atoms with Gasteiger partial charge in [0.2, 0.25) is 0 Å². The lowest BCUT2D eigenvalue weighted by molar-refractivity contribution is -0.128. The van der Waals surface area contributed by atoms with E-state index in [0.29, 0.717) is 24.4 Å². The van der Waals surface area contributed by atoms with Crippen molar-refractivity contribution in [3.63, 3.8) is 0 Å². The van der Waals surface area contributed by atoms with Crippen molar-refractivity contribution < 1.29 is 14.3 Å². The largest absolute Gasteiger partial charge is 0.496 e. The Morgan fingerprint density at radius 1 is 1.00 bits per heavy atom. The maximum atomic E-state index is 13.4. The Balaban J connectivity index is 1.73. The molecule has 1 aromatic heterocycles. The highest BCUT2D eigenvalue weighted by molar-refractivity contribution is 6.07. The van der Waals surface area contributed by atoms with E-state index < -0.39 is 0 Å². The molecule has 6 nitrogen and oxygen atoms in total. The number of benzene rings is 2. The van der Waals surface area contributed by atoms with Crippen molar-refractivity contribution in [1.29, 1.82) is 0 Å². The van der Waals surface area contributed by atoms with Crippen LogP contribution in [0.25, 0.3) is 17.0 Å². The van der Waals surface area contributed by atoms with Crippen LogP contribution < -0.4 is 10.1 Å². The molecule has 0 unspecified atom stereocenters. The molecule has 3 aromatic rings. The quantitative estimate of drug-likeness (QED) is 0.639. The molecule has 0 atom stereocenters. The van der Waals surface area contributed by atoms with E-state index in [4.69, 9.17) is 4.74 Å². The van der Waals surface area contributed by atoms with Crippen LogP contribution in [0.5, 0.6) is 5.75 Å². The molecule has 0 radical (unpaired) electrons. The van der Waals surface area contributed by atoms with Gasteiger partial charge in [-0.05, 0) is 43.5 Å². The highest BCUT2D eigenvalue weighted by Crippen LogP contribution is 2.24. The molecule has 0 spiro atoms. The Morgan fingerprint density at radius 2 is 1.71 bits per heavy atom. The van der Waals surface area contributed by atoms with Gasteiger partial charge in [0.1, 0.15) is 11.4 Å². The van der Waals surface area contributed by atoms with Gasteiger partial charge in [0.05, 0.1) is 12.7 Å². The lowest BCUT2D eigenvalue weighted by Crippen LogP contribution is -2.41. The van der Waals surface area contributed by atoms with Gasteiger partial charge in [-0.15, -0.1) is 0 Å². The number of hydrogen-bond acceptors (Lipinski definition) is 3. The van der Waals surface area contributed by atoms with Gasteiger partial charge >= 0.3 is 0 Å². The zero-order chi connectivity index (χ0) is 21.8. The van der Waals surface area contributed by atoms with Gasteiger partial charge in [-0.3, -0.25) is 9.59 Å². The van der Waals surface area contributed by atoms with Crippen molar-refractivity contribution in [2.24, 2.45) is 7.05 Å². The zero-order valence-electron chi connectivity index (χ0n) is 17.9. The van der Waals surface area contributed by atoms with Crippen LogP contribution >= 0.6 is 0 Å². The number of rotatable bonds is 5. The summed E-state index contributed by atoms with van der Waals surface area (Å²) in [7, 11) is 3.50. The van der Waals surface area contributed by atoms with Crippen LogP contribution in [0.15, 0.2) is 60.4 Å². The summed E-state index contributed by atoms with van der Waals surface area (Å²) in [5.74, 6) is -0.0555. The molecule has 1 saturated heterocycles. The van der Waals surface area contributed by atoms with E-state index in [-0.39, 0.29) is 17.5 Å². The molecular weight excluding hydrogens is 390 g/mol. The van der Waals surface area contributed by atoms with E-state index in [0.717, 1.165) is 35.7 Å². The number of methoxy groups -OCH3 is 1. The number of para-hydroxylation sites is 2. The Morgan fingerprint density at radius 3 is 2.48 bits per heavy atom. The van der Waals surface area contributed by atoms with E-state index >= 15 is 0 Å². The average molecular weight is 418 g/mol. The molecule has 1 aliphatic rings. The van der Waals surface area contributed by atoms with Gasteiger partial charge in [0.25, 0.3) is 11.8 Å². The van der Waals surface area contributed by atoms with Crippen LogP contribution in [-0.4, -0.2) is 41.5 Å². The summed E-state index contributed by atoms with van der Waals surface area (Å²) in [4.78, 5) is 28.3. The Hall–Kier alpha value is -3.54. The number of aryl methyl sites for hydroxylation is 1. The molecule has 2 amide bonds. The topological polar surface area (TPSA) is 63.6 Å². The van der Waals surface area contributed by atoms with Gasteiger partial charge in [0, 0.05) is 42.8 Å². The Bertz CT molecular complexity index is 1140. The van der Waals surface area contributed by atoms with E-state index in [1.54, 1.807) is 30.3 Å². The van der Waals surface area contributed by atoms with Crippen molar-refractivity contribution in [1.82, 2.24) is 14.8 Å².